The highest BCUT2D eigenvalue weighted by molar-refractivity contribution is 9.10. The average Bonchev–Trinajstić information content (AvgIpc) is 3.04. The van der Waals surface area contributed by atoms with Crippen molar-refractivity contribution in [3.63, 3.8) is 0 Å². The molecule has 2 aromatic carbocycles. The first-order valence-electron chi connectivity index (χ1n) is 8.00. The molecule has 0 spiro atoms. The highest BCUT2D eigenvalue weighted by atomic mass is 79.9. The zero-order valence-corrected chi connectivity index (χ0v) is 16.7. The van der Waals surface area contributed by atoms with Crippen molar-refractivity contribution in [1.29, 1.82) is 0 Å². The summed E-state index contributed by atoms with van der Waals surface area (Å²) in [5, 5.41) is 8.96. The van der Waals surface area contributed by atoms with Crippen LogP contribution in [-0.2, 0) is 6.54 Å². The van der Waals surface area contributed by atoms with Crippen LogP contribution < -0.4 is 10.2 Å². The number of nitrogens with one attached hydrogen (secondary N) is 1. The van der Waals surface area contributed by atoms with Crippen LogP contribution in [0.2, 0.25) is 5.02 Å². The molecule has 3 aromatic rings. The number of hydrogen-bond acceptors (Lipinski definition) is 4. The summed E-state index contributed by atoms with van der Waals surface area (Å²) in [7, 11) is 1.59. The average molecular weight is 448 g/mol. The molecule has 0 bridgehead atoms. The Bertz CT molecular complexity index is 970. The molecule has 3 rings (SSSR count). The Balaban J connectivity index is 1.65. The monoisotopic (exact) mass is 446 g/mol. The van der Waals surface area contributed by atoms with Crippen molar-refractivity contribution in [2.24, 2.45) is 5.10 Å². The SMILES string of the molecule is COc1cccc(/C=N/NC(=O)c2nn(Cc3ccc(Cl)cc3)cc2Br)c1. The lowest BCUT2D eigenvalue weighted by Gasteiger charge is -2.02. The first-order valence-corrected chi connectivity index (χ1v) is 9.17. The number of benzene rings is 2. The second-order valence-electron chi connectivity index (χ2n) is 5.63. The molecule has 6 nitrogen and oxygen atoms in total. The van der Waals surface area contributed by atoms with Gasteiger partial charge in [0, 0.05) is 11.2 Å². The van der Waals surface area contributed by atoms with E-state index in [0.717, 1.165) is 11.1 Å². The third-order valence-electron chi connectivity index (χ3n) is 3.66. The van der Waals surface area contributed by atoms with Gasteiger partial charge in [0.15, 0.2) is 5.69 Å². The molecule has 1 N–H and O–H groups in total. The van der Waals surface area contributed by atoms with Crippen molar-refractivity contribution < 1.29 is 9.53 Å². The maximum Gasteiger partial charge on any atom is 0.293 e. The fourth-order valence-corrected chi connectivity index (χ4v) is 2.97. The number of halogens is 2. The van der Waals surface area contributed by atoms with Gasteiger partial charge in [-0.25, -0.2) is 5.43 Å². The molecule has 0 radical (unpaired) electrons. The molecule has 1 amide bonds. The molecule has 0 aliphatic rings. The van der Waals surface area contributed by atoms with E-state index in [2.05, 4.69) is 31.6 Å². The molecule has 0 atom stereocenters. The minimum absolute atomic E-state index is 0.256. The standard InChI is InChI=1S/C19H16BrClN4O2/c1-27-16-4-2-3-14(9-16)10-22-23-19(26)18-17(20)12-25(24-18)11-13-5-7-15(21)8-6-13/h2-10,12H,11H2,1H3,(H,23,26)/b22-10+. The van der Waals surface area contributed by atoms with Crippen LogP contribution in [0.3, 0.4) is 0 Å². The number of rotatable bonds is 6. The van der Waals surface area contributed by atoms with Crippen LogP contribution in [0.4, 0.5) is 0 Å². The lowest BCUT2D eigenvalue weighted by molar-refractivity contribution is 0.0948. The van der Waals surface area contributed by atoms with E-state index in [-0.39, 0.29) is 5.69 Å². The molecule has 0 unspecified atom stereocenters. The summed E-state index contributed by atoms with van der Waals surface area (Å²) in [5.41, 5.74) is 4.57. The van der Waals surface area contributed by atoms with Gasteiger partial charge in [-0.1, -0.05) is 35.9 Å². The van der Waals surface area contributed by atoms with E-state index in [4.69, 9.17) is 16.3 Å². The van der Waals surface area contributed by atoms with E-state index in [1.165, 1.54) is 0 Å². The number of hydrazone groups is 1. The maximum atomic E-state index is 12.3. The highest BCUT2D eigenvalue weighted by Crippen LogP contribution is 2.17. The Hall–Kier alpha value is -2.64. The van der Waals surface area contributed by atoms with Gasteiger partial charge < -0.3 is 4.74 Å². The first-order chi connectivity index (χ1) is 13.0. The number of carbonyl (C=O) groups is 1. The van der Waals surface area contributed by atoms with Gasteiger partial charge in [-0.05, 0) is 51.3 Å². The van der Waals surface area contributed by atoms with E-state index >= 15 is 0 Å². The molecule has 0 saturated heterocycles. The van der Waals surface area contributed by atoms with E-state index < -0.39 is 5.91 Å². The minimum atomic E-state index is -0.407. The molecule has 8 heteroatoms. The predicted octanol–water partition coefficient (Wildman–Crippen LogP) is 4.12. The molecule has 0 aliphatic carbocycles. The predicted molar refractivity (Wildman–Crippen MR) is 109 cm³/mol. The van der Waals surface area contributed by atoms with Gasteiger partial charge in [-0.15, -0.1) is 0 Å². The normalized spacial score (nSPS) is 10.9. The topological polar surface area (TPSA) is 68.5 Å². The fraction of sp³-hybridized carbons (Fsp3) is 0.105. The Morgan fingerprint density at radius 3 is 2.85 bits per heavy atom. The van der Waals surface area contributed by atoms with Crippen LogP contribution >= 0.6 is 27.5 Å². The largest absolute Gasteiger partial charge is 0.497 e. The summed E-state index contributed by atoms with van der Waals surface area (Å²) in [6.45, 7) is 0.524. The fourth-order valence-electron chi connectivity index (χ4n) is 2.35. The number of hydrogen-bond donors (Lipinski definition) is 1. The second-order valence-corrected chi connectivity index (χ2v) is 6.92. The molecule has 1 aromatic heterocycles. The lowest BCUT2D eigenvalue weighted by Crippen LogP contribution is -2.19. The van der Waals surface area contributed by atoms with Crippen LogP contribution in [0.1, 0.15) is 21.6 Å². The van der Waals surface area contributed by atoms with Crippen LogP contribution in [-0.4, -0.2) is 29.0 Å². The zero-order chi connectivity index (χ0) is 19.2. The van der Waals surface area contributed by atoms with Gasteiger partial charge in [-0.2, -0.15) is 10.2 Å². The number of aromatic nitrogens is 2. The van der Waals surface area contributed by atoms with E-state index in [0.29, 0.717) is 21.8 Å². The van der Waals surface area contributed by atoms with Gasteiger partial charge in [0.05, 0.1) is 24.3 Å². The van der Waals surface area contributed by atoms with Crippen LogP contribution in [0.5, 0.6) is 5.75 Å². The van der Waals surface area contributed by atoms with Gasteiger partial charge in [0.1, 0.15) is 5.75 Å². The summed E-state index contributed by atoms with van der Waals surface area (Å²) in [6, 6.07) is 14.8. The zero-order valence-electron chi connectivity index (χ0n) is 14.4. The molecular weight excluding hydrogens is 432 g/mol. The van der Waals surface area contributed by atoms with Crippen molar-refractivity contribution in [2.45, 2.75) is 6.54 Å². The second kappa shape index (κ2) is 8.83. The molecule has 0 saturated carbocycles. The highest BCUT2D eigenvalue weighted by Gasteiger charge is 2.14. The molecular formula is C19H16BrClN4O2. The van der Waals surface area contributed by atoms with Crippen LogP contribution in [0, 0.1) is 0 Å². The van der Waals surface area contributed by atoms with E-state index in [1.54, 1.807) is 24.2 Å². The summed E-state index contributed by atoms with van der Waals surface area (Å²) < 4.78 is 7.41. The molecule has 27 heavy (non-hydrogen) atoms. The Labute approximate surface area is 169 Å². The summed E-state index contributed by atoms with van der Waals surface area (Å²) in [4.78, 5) is 12.3. The minimum Gasteiger partial charge on any atom is -0.497 e. The van der Waals surface area contributed by atoms with Gasteiger partial charge in [0.25, 0.3) is 5.91 Å². The van der Waals surface area contributed by atoms with Crippen molar-refractivity contribution in [3.05, 3.63) is 81.0 Å². The summed E-state index contributed by atoms with van der Waals surface area (Å²) >= 11 is 9.26. The first kappa shape index (κ1) is 19.1. The van der Waals surface area contributed by atoms with E-state index in [1.807, 2.05) is 48.5 Å². The molecule has 0 fully saturated rings. The number of ether oxygens (including phenoxy) is 1. The van der Waals surface area contributed by atoms with Gasteiger partial charge >= 0.3 is 0 Å². The summed E-state index contributed by atoms with van der Waals surface area (Å²) in [5.74, 6) is 0.310. The number of nitrogens with zero attached hydrogens (tertiary/aromatic N) is 3. The van der Waals surface area contributed by atoms with E-state index in [9.17, 15) is 4.79 Å². The lowest BCUT2D eigenvalue weighted by atomic mass is 10.2. The van der Waals surface area contributed by atoms with Crippen LogP contribution in [0.15, 0.2) is 64.3 Å². The number of amides is 1. The summed E-state index contributed by atoms with van der Waals surface area (Å²) in [6.07, 6.45) is 3.29. The number of methoxy groups -OCH3 is 1. The van der Waals surface area contributed by atoms with Crippen LogP contribution in [0.25, 0.3) is 0 Å². The Morgan fingerprint density at radius 1 is 1.33 bits per heavy atom. The quantitative estimate of drug-likeness (QED) is 0.456. The molecule has 138 valence electrons. The Morgan fingerprint density at radius 2 is 2.11 bits per heavy atom. The van der Waals surface area contributed by atoms with Crippen molar-refractivity contribution in [2.75, 3.05) is 7.11 Å². The third-order valence-corrected chi connectivity index (χ3v) is 4.50. The third kappa shape index (κ3) is 5.18. The number of carbonyl (C=O) groups excluding carboxylic acids is 1. The molecule has 0 aliphatic heterocycles. The van der Waals surface area contributed by atoms with Crippen molar-refractivity contribution in [1.82, 2.24) is 15.2 Å². The van der Waals surface area contributed by atoms with Crippen molar-refractivity contribution >= 4 is 39.7 Å². The molecule has 1 heterocycles. The van der Waals surface area contributed by atoms with Gasteiger partial charge in [-0.3, -0.25) is 9.48 Å². The van der Waals surface area contributed by atoms with Gasteiger partial charge in [0.2, 0.25) is 0 Å². The maximum absolute atomic E-state index is 12.3. The van der Waals surface area contributed by atoms with Crippen molar-refractivity contribution in [3.8, 4) is 5.75 Å². The Kier molecular flexibility index (Phi) is 6.26. The smallest absolute Gasteiger partial charge is 0.293 e.